The van der Waals surface area contributed by atoms with Gasteiger partial charge in [0.25, 0.3) is 0 Å². The van der Waals surface area contributed by atoms with E-state index in [1.165, 1.54) is 0 Å². The second-order valence-electron chi connectivity index (χ2n) is 3.72. The summed E-state index contributed by atoms with van der Waals surface area (Å²) in [7, 11) is 1.59. The van der Waals surface area contributed by atoms with Crippen LogP contribution in [0, 0.1) is 0 Å². The van der Waals surface area contributed by atoms with Crippen molar-refractivity contribution < 1.29 is 9.53 Å². The fourth-order valence-electron chi connectivity index (χ4n) is 1.73. The van der Waals surface area contributed by atoms with Crippen molar-refractivity contribution in [1.29, 1.82) is 0 Å². The van der Waals surface area contributed by atoms with Gasteiger partial charge in [-0.2, -0.15) is 0 Å². The first-order valence-corrected chi connectivity index (χ1v) is 6.01. The van der Waals surface area contributed by atoms with Gasteiger partial charge in [0.2, 0.25) is 0 Å². The van der Waals surface area contributed by atoms with E-state index >= 15 is 0 Å². The van der Waals surface area contributed by atoms with Gasteiger partial charge in [0, 0.05) is 17.0 Å². The Morgan fingerprint density at radius 2 is 2.18 bits per heavy atom. The summed E-state index contributed by atoms with van der Waals surface area (Å²) in [4.78, 5) is 12.0. The highest BCUT2D eigenvalue weighted by Gasteiger charge is 2.12. The van der Waals surface area contributed by atoms with Crippen LogP contribution in [0.2, 0.25) is 5.02 Å². The van der Waals surface area contributed by atoms with Gasteiger partial charge in [0.15, 0.2) is 5.78 Å². The minimum absolute atomic E-state index is 0.121. The smallest absolute Gasteiger partial charge is 0.163 e. The van der Waals surface area contributed by atoms with Crippen LogP contribution in [0.3, 0.4) is 0 Å². The fraction of sp³-hybridized carbons (Fsp3) is 0.357. The van der Waals surface area contributed by atoms with Crippen LogP contribution in [0.4, 0.5) is 0 Å². The molecule has 0 bridgehead atoms. The van der Waals surface area contributed by atoms with Crippen LogP contribution in [0.1, 0.15) is 25.8 Å². The number of ketones is 1. The van der Waals surface area contributed by atoms with E-state index in [0.717, 1.165) is 17.6 Å². The number of allylic oxidation sites excluding steroid dienone is 2. The first-order chi connectivity index (χ1) is 8.12. The zero-order chi connectivity index (χ0) is 12.8. The molecule has 0 saturated carbocycles. The lowest BCUT2D eigenvalue weighted by Crippen LogP contribution is -2.07. The lowest BCUT2D eigenvalue weighted by Gasteiger charge is -2.09. The Kier molecular flexibility index (Phi) is 5.23. The number of Topliss-reactive ketones (excluding diaryl/α,β-unsaturated/α-hetero) is 1. The van der Waals surface area contributed by atoms with Crippen molar-refractivity contribution in [2.75, 3.05) is 7.11 Å². The second kappa shape index (κ2) is 6.45. The van der Waals surface area contributed by atoms with Gasteiger partial charge in [-0.15, -0.1) is 0 Å². The van der Waals surface area contributed by atoms with E-state index in [0.29, 0.717) is 17.2 Å². The van der Waals surface area contributed by atoms with Crippen molar-refractivity contribution in [2.45, 2.75) is 26.7 Å². The average Bonchev–Trinajstić information content (AvgIpc) is 2.31. The number of ether oxygens (including phenoxy) is 1. The van der Waals surface area contributed by atoms with Crippen LogP contribution in [0.25, 0.3) is 0 Å². The Bertz CT molecular complexity index is 436. The molecule has 0 aromatic heterocycles. The summed E-state index contributed by atoms with van der Waals surface area (Å²) < 4.78 is 5.22. The molecule has 0 amide bonds. The summed E-state index contributed by atoms with van der Waals surface area (Å²) in [6.07, 6.45) is 2.94. The third-order valence-corrected chi connectivity index (χ3v) is 2.92. The Balaban J connectivity index is 2.94. The Labute approximate surface area is 107 Å². The quantitative estimate of drug-likeness (QED) is 0.745. The van der Waals surface area contributed by atoms with Crippen LogP contribution < -0.4 is 4.74 Å². The average molecular weight is 253 g/mol. The third-order valence-electron chi connectivity index (χ3n) is 2.68. The molecule has 1 aromatic rings. The normalized spacial score (nSPS) is 11.4. The van der Waals surface area contributed by atoms with Gasteiger partial charge in [-0.1, -0.05) is 24.6 Å². The summed E-state index contributed by atoms with van der Waals surface area (Å²) in [5.41, 5.74) is 1.67. The number of rotatable bonds is 5. The predicted octanol–water partition coefficient (Wildman–Crippen LogP) is 3.82. The molecular formula is C14H17ClO2. The fourth-order valence-corrected chi connectivity index (χ4v) is 1.93. The van der Waals surface area contributed by atoms with Crippen molar-refractivity contribution in [3.63, 3.8) is 0 Å². The molecule has 0 unspecified atom stereocenters. The highest BCUT2D eigenvalue weighted by atomic mass is 35.5. The first-order valence-electron chi connectivity index (χ1n) is 5.63. The van der Waals surface area contributed by atoms with E-state index in [2.05, 4.69) is 0 Å². The summed E-state index contributed by atoms with van der Waals surface area (Å²) in [5.74, 6) is 0.824. The summed E-state index contributed by atoms with van der Waals surface area (Å²) >= 11 is 5.92. The van der Waals surface area contributed by atoms with Crippen molar-refractivity contribution >= 4 is 17.4 Å². The number of carbonyl (C=O) groups is 1. The van der Waals surface area contributed by atoms with Crippen molar-refractivity contribution in [3.05, 3.63) is 40.4 Å². The van der Waals surface area contributed by atoms with Gasteiger partial charge >= 0.3 is 0 Å². The van der Waals surface area contributed by atoms with E-state index in [1.807, 2.05) is 19.9 Å². The van der Waals surface area contributed by atoms with Crippen molar-refractivity contribution in [1.82, 2.24) is 0 Å². The number of benzene rings is 1. The van der Waals surface area contributed by atoms with E-state index in [1.54, 1.807) is 25.3 Å². The van der Waals surface area contributed by atoms with Crippen LogP contribution in [-0.4, -0.2) is 12.9 Å². The molecule has 0 saturated heterocycles. The lowest BCUT2D eigenvalue weighted by molar-refractivity contribution is -0.115. The van der Waals surface area contributed by atoms with E-state index in [-0.39, 0.29) is 5.78 Å². The summed E-state index contributed by atoms with van der Waals surface area (Å²) in [6, 6.07) is 5.32. The van der Waals surface area contributed by atoms with Crippen LogP contribution >= 0.6 is 11.6 Å². The molecule has 2 nitrogen and oxygen atoms in total. The topological polar surface area (TPSA) is 26.3 Å². The molecule has 0 atom stereocenters. The highest BCUT2D eigenvalue weighted by molar-refractivity contribution is 6.30. The lowest BCUT2D eigenvalue weighted by atomic mass is 10.0. The number of methoxy groups -OCH3 is 1. The highest BCUT2D eigenvalue weighted by Crippen LogP contribution is 2.24. The number of hydrogen-bond acceptors (Lipinski definition) is 2. The van der Waals surface area contributed by atoms with Crippen molar-refractivity contribution in [3.8, 4) is 5.75 Å². The zero-order valence-corrected chi connectivity index (χ0v) is 11.2. The molecule has 0 aliphatic heterocycles. The van der Waals surface area contributed by atoms with Crippen LogP contribution in [-0.2, 0) is 11.2 Å². The molecular weight excluding hydrogens is 236 g/mol. The molecule has 0 fully saturated rings. The molecule has 92 valence electrons. The molecule has 0 spiro atoms. The van der Waals surface area contributed by atoms with Gasteiger partial charge in [-0.3, -0.25) is 4.79 Å². The Morgan fingerprint density at radius 3 is 2.71 bits per heavy atom. The molecule has 1 aromatic carbocycles. The van der Waals surface area contributed by atoms with Gasteiger partial charge in [0.1, 0.15) is 5.75 Å². The standard InChI is InChI=1S/C14H17ClO2/c1-4-10(5-2)13(16)9-11-8-12(15)6-7-14(11)17-3/h4,6-8H,5,9H2,1-3H3/b10-4-. The molecule has 3 heteroatoms. The number of halogens is 1. The molecule has 17 heavy (non-hydrogen) atoms. The maximum absolute atomic E-state index is 12.0. The second-order valence-corrected chi connectivity index (χ2v) is 4.16. The van der Waals surface area contributed by atoms with Gasteiger partial charge in [-0.25, -0.2) is 0 Å². The van der Waals surface area contributed by atoms with E-state index in [4.69, 9.17) is 16.3 Å². The molecule has 1 rings (SSSR count). The predicted molar refractivity (Wildman–Crippen MR) is 70.8 cm³/mol. The Morgan fingerprint density at radius 1 is 1.47 bits per heavy atom. The first kappa shape index (κ1) is 13.8. The van der Waals surface area contributed by atoms with E-state index < -0.39 is 0 Å². The van der Waals surface area contributed by atoms with Gasteiger partial charge in [0.05, 0.1) is 7.11 Å². The van der Waals surface area contributed by atoms with Gasteiger partial charge < -0.3 is 4.74 Å². The Hall–Kier alpha value is -1.28. The van der Waals surface area contributed by atoms with Crippen LogP contribution in [0.5, 0.6) is 5.75 Å². The molecule has 0 N–H and O–H groups in total. The maximum atomic E-state index is 12.0. The molecule has 0 radical (unpaired) electrons. The SMILES string of the molecule is C/C=C(/CC)C(=O)Cc1cc(Cl)ccc1OC. The largest absolute Gasteiger partial charge is 0.496 e. The van der Waals surface area contributed by atoms with Crippen molar-refractivity contribution in [2.24, 2.45) is 0 Å². The zero-order valence-electron chi connectivity index (χ0n) is 10.4. The minimum atomic E-state index is 0.121. The molecule has 0 aliphatic carbocycles. The third kappa shape index (κ3) is 3.60. The summed E-state index contributed by atoms with van der Waals surface area (Å²) in [6.45, 7) is 3.86. The van der Waals surface area contributed by atoms with Crippen LogP contribution in [0.15, 0.2) is 29.8 Å². The van der Waals surface area contributed by atoms with E-state index in [9.17, 15) is 4.79 Å². The molecule has 0 aliphatic rings. The molecule has 0 heterocycles. The minimum Gasteiger partial charge on any atom is -0.496 e. The monoisotopic (exact) mass is 252 g/mol. The van der Waals surface area contributed by atoms with Gasteiger partial charge in [-0.05, 0) is 37.1 Å². The maximum Gasteiger partial charge on any atom is 0.163 e. The number of hydrogen-bond donors (Lipinski definition) is 0. The summed E-state index contributed by atoms with van der Waals surface area (Å²) in [5, 5.41) is 0.618. The number of carbonyl (C=O) groups excluding carboxylic acids is 1.